The molecule has 4 aliphatic rings. The molecule has 2 aromatic carbocycles. The number of carbonyl (C=O) groups is 3. The molecule has 0 spiro atoms. The van der Waals surface area contributed by atoms with Gasteiger partial charge in [-0.05, 0) is 75.3 Å². The van der Waals surface area contributed by atoms with Crippen LogP contribution in [0.15, 0.2) is 42.6 Å². The molecule has 1 atom stereocenters. The molecule has 0 aliphatic carbocycles. The number of carbonyl (C=O) groups excluding carboxylic acids is 3. The molecular weight excluding hydrogens is 656 g/mol. The predicted molar refractivity (Wildman–Crippen MR) is 193 cm³/mol. The van der Waals surface area contributed by atoms with E-state index in [0.29, 0.717) is 62.7 Å². The van der Waals surface area contributed by atoms with Crippen LogP contribution in [0.5, 0.6) is 0 Å². The van der Waals surface area contributed by atoms with E-state index in [2.05, 4.69) is 39.2 Å². The molecule has 0 saturated carbocycles. The number of urea groups is 1. The Hall–Kier alpha value is -3.87. The molecule has 268 valence electrons. The molecule has 50 heavy (non-hydrogen) atoms. The zero-order valence-electron chi connectivity index (χ0n) is 29.2. The standard InChI is InChI=1S/C37H49ClN8O4/c1-25(2)42-17-19-43(20-18-42)29-8-12-44(13-9-29)35(47)33(23-26-21-28-24-39-41-34(28)31(38)22-26)50-37(49)45-14-10-30(11-15-45)46-16-7-27-5-3-4-6-32(27)40-36(46)48/h3-6,21-22,24-25,29-30,33H,7-20,23H2,1-2H3,(H,39,41)(H,40,48). The molecule has 0 bridgehead atoms. The molecule has 1 aromatic heterocycles. The number of ether oxygens (including phenoxy) is 1. The van der Waals surface area contributed by atoms with Crippen molar-refractivity contribution in [3.05, 3.63) is 58.7 Å². The summed E-state index contributed by atoms with van der Waals surface area (Å²) in [6.45, 7) is 11.6. The van der Waals surface area contributed by atoms with Crippen LogP contribution in [0.25, 0.3) is 10.9 Å². The van der Waals surface area contributed by atoms with Gasteiger partial charge in [0.2, 0.25) is 0 Å². The lowest BCUT2D eigenvalue weighted by Crippen LogP contribution is -2.56. The first-order valence-corrected chi connectivity index (χ1v) is 18.6. The third-order valence-corrected chi connectivity index (χ3v) is 11.5. The number of aromatic nitrogens is 2. The average molecular weight is 705 g/mol. The first-order chi connectivity index (χ1) is 24.2. The summed E-state index contributed by atoms with van der Waals surface area (Å²) >= 11 is 6.56. The summed E-state index contributed by atoms with van der Waals surface area (Å²) in [6, 6.07) is 12.6. The van der Waals surface area contributed by atoms with Crippen molar-refractivity contribution in [2.24, 2.45) is 0 Å². The number of amides is 4. The van der Waals surface area contributed by atoms with Crippen molar-refractivity contribution in [3.63, 3.8) is 0 Å². The minimum atomic E-state index is -0.985. The number of likely N-dealkylation sites (tertiary alicyclic amines) is 2. The molecule has 3 fully saturated rings. The summed E-state index contributed by atoms with van der Waals surface area (Å²) < 4.78 is 6.10. The Balaban J connectivity index is 0.985. The molecule has 7 rings (SSSR count). The van der Waals surface area contributed by atoms with Crippen LogP contribution in [0, 0.1) is 0 Å². The number of para-hydroxylation sites is 1. The second-order valence-electron chi connectivity index (χ2n) is 14.5. The Bertz CT molecular complexity index is 1670. The zero-order valence-corrected chi connectivity index (χ0v) is 29.9. The van der Waals surface area contributed by atoms with Gasteiger partial charge in [0.05, 0.1) is 16.7 Å². The maximum atomic E-state index is 14.1. The van der Waals surface area contributed by atoms with E-state index in [1.54, 1.807) is 11.1 Å². The molecule has 3 aromatic rings. The second-order valence-corrected chi connectivity index (χ2v) is 14.9. The van der Waals surface area contributed by atoms with Gasteiger partial charge in [-0.2, -0.15) is 5.10 Å². The van der Waals surface area contributed by atoms with E-state index in [1.807, 2.05) is 46.2 Å². The maximum absolute atomic E-state index is 14.1. The number of piperazine rings is 1. The quantitative estimate of drug-likeness (QED) is 0.362. The topological polar surface area (TPSA) is 117 Å². The van der Waals surface area contributed by atoms with Gasteiger partial charge in [0.15, 0.2) is 6.10 Å². The summed E-state index contributed by atoms with van der Waals surface area (Å²) in [6.07, 6.45) is 4.31. The lowest BCUT2D eigenvalue weighted by Gasteiger charge is -2.44. The van der Waals surface area contributed by atoms with E-state index in [0.717, 1.165) is 73.2 Å². The third kappa shape index (κ3) is 7.57. The highest BCUT2D eigenvalue weighted by Crippen LogP contribution is 2.28. The highest BCUT2D eigenvalue weighted by molar-refractivity contribution is 6.35. The second kappa shape index (κ2) is 15.2. The molecule has 13 heteroatoms. The van der Waals surface area contributed by atoms with Crippen LogP contribution < -0.4 is 5.32 Å². The molecule has 0 radical (unpaired) electrons. The van der Waals surface area contributed by atoms with Gasteiger partial charge in [-0.1, -0.05) is 29.8 Å². The SMILES string of the molecule is CC(C)N1CCN(C2CCN(C(=O)C(Cc3cc(Cl)c4[nH]ncc4c3)OC(=O)N3CCC(N4CCc5ccccc5NC4=O)CC3)CC2)CC1. The molecule has 2 N–H and O–H groups in total. The number of piperidine rings is 2. The summed E-state index contributed by atoms with van der Waals surface area (Å²) in [5.74, 6) is -0.166. The number of fused-ring (bicyclic) bond motifs is 2. The Morgan fingerprint density at radius 3 is 2.36 bits per heavy atom. The number of aromatic amines is 1. The highest BCUT2D eigenvalue weighted by atomic mass is 35.5. The number of nitrogens with zero attached hydrogens (tertiary/aromatic N) is 6. The van der Waals surface area contributed by atoms with Crippen molar-refractivity contribution in [1.82, 2.24) is 34.7 Å². The average Bonchev–Trinajstić information content (AvgIpc) is 3.54. The van der Waals surface area contributed by atoms with Gasteiger partial charge in [-0.25, -0.2) is 9.59 Å². The van der Waals surface area contributed by atoms with E-state index in [9.17, 15) is 14.4 Å². The largest absolute Gasteiger partial charge is 0.436 e. The zero-order chi connectivity index (χ0) is 34.8. The normalized spacial score (nSPS) is 20.9. The number of halogens is 1. The minimum absolute atomic E-state index is 0.0178. The fourth-order valence-electron chi connectivity index (χ4n) is 8.15. The lowest BCUT2D eigenvalue weighted by molar-refractivity contribution is -0.142. The summed E-state index contributed by atoms with van der Waals surface area (Å²) in [7, 11) is 0. The van der Waals surface area contributed by atoms with Crippen molar-refractivity contribution in [3.8, 4) is 0 Å². The van der Waals surface area contributed by atoms with Crippen LogP contribution in [0.2, 0.25) is 5.02 Å². The Kier molecular flexibility index (Phi) is 10.5. The summed E-state index contributed by atoms with van der Waals surface area (Å²) in [5.41, 5.74) is 3.52. The molecule has 12 nitrogen and oxygen atoms in total. The van der Waals surface area contributed by atoms with Crippen molar-refractivity contribution in [2.45, 2.75) is 76.6 Å². The smallest absolute Gasteiger partial charge is 0.410 e. The number of nitrogens with one attached hydrogen (secondary N) is 2. The third-order valence-electron chi connectivity index (χ3n) is 11.2. The molecule has 4 amide bonds. The van der Waals surface area contributed by atoms with Gasteiger partial charge in [0.25, 0.3) is 5.91 Å². The monoisotopic (exact) mass is 704 g/mol. The number of rotatable bonds is 7. The molecule has 1 unspecified atom stereocenters. The number of H-pyrrole nitrogens is 1. The van der Waals surface area contributed by atoms with Gasteiger partial charge in [0.1, 0.15) is 0 Å². The highest BCUT2D eigenvalue weighted by Gasteiger charge is 2.36. The van der Waals surface area contributed by atoms with Crippen molar-refractivity contribution < 1.29 is 19.1 Å². The molecule has 5 heterocycles. The van der Waals surface area contributed by atoms with Crippen LogP contribution in [-0.4, -0.2) is 136 Å². The van der Waals surface area contributed by atoms with Gasteiger partial charge in [-0.15, -0.1) is 0 Å². The first kappa shape index (κ1) is 34.6. The minimum Gasteiger partial charge on any atom is -0.436 e. The van der Waals surface area contributed by atoms with E-state index < -0.39 is 12.2 Å². The van der Waals surface area contributed by atoms with E-state index >= 15 is 0 Å². The van der Waals surface area contributed by atoms with Gasteiger partial charge in [-0.3, -0.25) is 19.7 Å². The van der Waals surface area contributed by atoms with Crippen molar-refractivity contribution >= 4 is 46.2 Å². The van der Waals surface area contributed by atoms with E-state index in [-0.39, 0.29) is 24.4 Å². The van der Waals surface area contributed by atoms with Gasteiger partial charge in [0, 0.05) is 94.5 Å². The maximum Gasteiger partial charge on any atom is 0.410 e. The van der Waals surface area contributed by atoms with Crippen LogP contribution in [0.4, 0.5) is 15.3 Å². The van der Waals surface area contributed by atoms with Crippen molar-refractivity contribution in [1.29, 1.82) is 0 Å². The van der Waals surface area contributed by atoms with Crippen LogP contribution in [-0.2, 0) is 22.4 Å². The van der Waals surface area contributed by atoms with Crippen LogP contribution >= 0.6 is 11.6 Å². The summed E-state index contributed by atoms with van der Waals surface area (Å²) in [4.78, 5) is 51.5. The first-order valence-electron chi connectivity index (χ1n) is 18.2. The van der Waals surface area contributed by atoms with Gasteiger partial charge >= 0.3 is 12.1 Å². The number of hydrogen-bond donors (Lipinski definition) is 2. The fourth-order valence-corrected chi connectivity index (χ4v) is 8.44. The van der Waals surface area contributed by atoms with Gasteiger partial charge < -0.3 is 24.8 Å². The summed E-state index contributed by atoms with van der Waals surface area (Å²) in [5, 5.41) is 11.4. The number of benzene rings is 2. The van der Waals surface area contributed by atoms with Crippen molar-refractivity contribution in [2.75, 3.05) is 64.2 Å². The van der Waals surface area contributed by atoms with E-state index in [4.69, 9.17) is 16.3 Å². The Morgan fingerprint density at radius 1 is 0.920 bits per heavy atom. The number of anilines is 1. The van der Waals surface area contributed by atoms with E-state index in [1.165, 1.54) is 0 Å². The fraction of sp³-hybridized carbons (Fsp3) is 0.568. The number of hydrogen-bond acceptors (Lipinski definition) is 7. The Morgan fingerprint density at radius 2 is 1.62 bits per heavy atom. The Labute approximate surface area is 299 Å². The van der Waals surface area contributed by atoms with Crippen LogP contribution in [0.3, 0.4) is 0 Å². The lowest BCUT2D eigenvalue weighted by atomic mass is 10.00. The molecular formula is C37H49ClN8O4. The molecule has 4 aliphatic heterocycles. The van der Waals surface area contributed by atoms with Crippen LogP contribution in [0.1, 0.15) is 50.7 Å². The predicted octanol–water partition coefficient (Wildman–Crippen LogP) is 4.84. The molecule has 3 saturated heterocycles.